The zero-order valence-corrected chi connectivity index (χ0v) is 11.9. The molecule has 2 aromatic carbocycles. The second-order valence-corrected chi connectivity index (χ2v) is 5.05. The minimum absolute atomic E-state index is 0.110. The van der Waals surface area contributed by atoms with Crippen LogP contribution in [0.2, 0.25) is 0 Å². The summed E-state index contributed by atoms with van der Waals surface area (Å²) in [5, 5.41) is 10.8. The van der Waals surface area contributed by atoms with E-state index >= 15 is 0 Å². The van der Waals surface area contributed by atoms with Crippen LogP contribution in [0.4, 0.5) is 5.69 Å². The van der Waals surface area contributed by atoms with Gasteiger partial charge in [0.2, 0.25) is 0 Å². The number of hydrogen-bond acceptors (Lipinski definition) is 2. The number of nitrogens with zero attached hydrogens (tertiary/aromatic N) is 2. The molecule has 3 aromatic rings. The van der Waals surface area contributed by atoms with Gasteiger partial charge in [0.05, 0.1) is 4.92 Å². The number of rotatable bonds is 4. The Bertz CT molecular complexity index is 784. The van der Waals surface area contributed by atoms with Crippen LogP contribution < -0.4 is 4.57 Å². The highest BCUT2D eigenvalue weighted by molar-refractivity contribution is 5.65. The third-order valence-electron chi connectivity index (χ3n) is 3.49. The van der Waals surface area contributed by atoms with Crippen molar-refractivity contribution >= 4 is 5.69 Å². The Morgan fingerprint density at radius 3 is 2.27 bits per heavy atom. The van der Waals surface area contributed by atoms with Crippen LogP contribution in [0, 0.1) is 10.1 Å². The molecule has 0 radical (unpaired) electrons. The van der Waals surface area contributed by atoms with E-state index in [9.17, 15) is 10.1 Å². The highest BCUT2D eigenvalue weighted by Crippen LogP contribution is 2.22. The number of pyridine rings is 1. The van der Waals surface area contributed by atoms with Crippen LogP contribution in [-0.4, -0.2) is 4.92 Å². The number of aromatic nitrogens is 1. The van der Waals surface area contributed by atoms with E-state index in [-0.39, 0.29) is 10.6 Å². The van der Waals surface area contributed by atoms with Crippen LogP contribution in [0.1, 0.15) is 5.56 Å². The number of benzene rings is 2. The first-order valence-corrected chi connectivity index (χ1v) is 7.00. The molecule has 0 amide bonds. The molecule has 1 aromatic heterocycles. The lowest BCUT2D eigenvalue weighted by Crippen LogP contribution is -2.32. The van der Waals surface area contributed by atoms with Gasteiger partial charge in [-0.3, -0.25) is 10.1 Å². The van der Waals surface area contributed by atoms with Gasteiger partial charge in [-0.05, 0) is 11.1 Å². The van der Waals surface area contributed by atoms with Gasteiger partial charge in [0.1, 0.15) is 0 Å². The lowest BCUT2D eigenvalue weighted by atomic mass is 10.1. The molecule has 0 atom stereocenters. The summed E-state index contributed by atoms with van der Waals surface area (Å²) in [6.07, 6.45) is 3.97. The van der Waals surface area contributed by atoms with Crippen molar-refractivity contribution in [3.63, 3.8) is 0 Å². The van der Waals surface area contributed by atoms with Crippen molar-refractivity contribution in [3.8, 4) is 11.1 Å². The maximum Gasteiger partial charge on any atom is 0.270 e. The quantitative estimate of drug-likeness (QED) is 0.419. The van der Waals surface area contributed by atoms with E-state index < -0.39 is 0 Å². The van der Waals surface area contributed by atoms with Gasteiger partial charge in [-0.25, -0.2) is 4.57 Å². The molecule has 0 fully saturated rings. The van der Waals surface area contributed by atoms with Crippen molar-refractivity contribution in [2.45, 2.75) is 6.54 Å². The van der Waals surface area contributed by atoms with Gasteiger partial charge in [0.25, 0.3) is 5.69 Å². The van der Waals surface area contributed by atoms with Crippen LogP contribution in [0.25, 0.3) is 11.1 Å². The van der Waals surface area contributed by atoms with Crippen LogP contribution in [0.5, 0.6) is 0 Å². The normalized spacial score (nSPS) is 10.4. The summed E-state index contributed by atoms with van der Waals surface area (Å²) in [5.74, 6) is 0. The summed E-state index contributed by atoms with van der Waals surface area (Å²) in [6.45, 7) is 0.802. The van der Waals surface area contributed by atoms with E-state index in [1.165, 1.54) is 11.6 Å². The number of nitro benzene ring substituents is 1. The Kier molecular flexibility index (Phi) is 3.92. The number of hydrogen-bond donors (Lipinski definition) is 0. The van der Waals surface area contributed by atoms with E-state index in [0.717, 1.165) is 17.7 Å². The van der Waals surface area contributed by atoms with Crippen LogP contribution in [0.3, 0.4) is 0 Å². The average molecular weight is 291 g/mol. The molecule has 0 aliphatic heterocycles. The largest absolute Gasteiger partial charge is 0.270 e. The first-order valence-electron chi connectivity index (χ1n) is 7.00. The van der Waals surface area contributed by atoms with Crippen molar-refractivity contribution in [1.82, 2.24) is 0 Å². The van der Waals surface area contributed by atoms with Gasteiger partial charge in [-0.2, -0.15) is 0 Å². The SMILES string of the molecule is O=[N+]([O-])c1cccc(-c2cc[n+](Cc3ccccc3)cc2)c1. The molecule has 0 aliphatic rings. The van der Waals surface area contributed by atoms with Gasteiger partial charge in [-0.15, -0.1) is 0 Å². The minimum atomic E-state index is -0.373. The Labute approximate surface area is 128 Å². The highest BCUT2D eigenvalue weighted by atomic mass is 16.6. The molecule has 1 heterocycles. The van der Waals surface area contributed by atoms with E-state index in [2.05, 4.69) is 16.7 Å². The smallest absolute Gasteiger partial charge is 0.258 e. The van der Waals surface area contributed by atoms with Crippen molar-refractivity contribution in [2.24, 2.45) is 0 Å². The van der Waals surface area contributed by atoms with E-state index in [1.54, 1.807) is 12.1 Å². The predicted molar refractivity (Wildman–Crippen MR) is 84.3 cm³/mol. The summed E-state index contributed by atoms with van der Waals surface area (Å²) >= 11 is 0. The third kappa shape index (κ3) is 3.17. The molecule has 22 heavy (non-hydrogen) atoms. The molecule has 0 bridgehead atoms. The van der Waals surface area contributed by atoms with Gasteiger partial charge >= 0.3 is 0 Å². The molecule has 0 spiro atoms. The van der Waals surface area contributed by atoms with Crippen LogP contribution in [-0.2, 0) is 6.54 Å². The topological polar surface area (TPSA) is 47.0 Å². The van der Waals surface area contributed by atoms with E-state index in [1.807, 2.05) is 48.8 Å². The molecule has 0 unspecified atom stereocenters. The maximum absolute atomic E-state index is 10.8. The number of nitro groups is 1. The lowest BCUT2D eigenvalue weighted by molar-refractivity contribution is -0.688. The molecule has 0 aliphatic carbocycles. The molecular formula is C18H15N2O2+. The van der Waals surface area contributed by atoms with Crippen molar-refractivity contribution in [2.75, 3.05) is 0 Å². The molecule has 108 valence electrons. The Balaban J connectivity index is 1.82. The van der Waals surface area contributed by atoms with Gasteiger partial charge in [0.15, 0.2) is 18.9 Å². The van der Waals surface area contributed by atoms with Gasteiger partial charge in [0, 0.05) is 29.8 Å². The molecule has 0 saturated heterocycles. The van der Waals surface area contributed by atoms with Gasteiger partial charge < -0.3 is 0 Å². The second kappa shape index (κ2) is 6.18. The minimum Gasteiger partial charge on any atom is -0.258 e. The predicted octanol–water partition coefficient (Wildman–Crippen LogP) is 3.60. The molecule has 4 nitrogen and oxygen atoms in total. The fourth-order valence-corrected chi connectivity index (χ4v) is 2.35. The fourth-order valence-electron chi connectivity index (χ4n) is 2.35. The molecule has 0 N–H and O–H groups in total. The van der Waals surface area contributed by atoms with Crippen LogP contribution in [0.15, 0.2) is 79.1 Å². The standard InChI is InChI=1S/C18H15N2O2/c21-20(22)18-8-4-7-17(13-18)16-9-11-19(12-10-16)14-15-5-2-1-3-6-15/h1-13H,14H2/q+1. The zero-order valence-electron chi connectivity index (χ0n) is 11.9. The first kappa shape index (κ1) is 13.9. The summed E-state index contributed by atoms with van der Waals surface area (Å²) in [5.41, 5.74) is 3.16. The molecule has 3 rings (SSSR count). The highest BCUT2D eigenvalue weighted by Gasteiger charge is 2.08. The lowest BCUT2D eigenvalue weighted by Gasteiger charge is -2.02. The molecule has 0 saturated carbocycles. The summed E-state index contributed by atoms with van der Waals surface area (Å²) in [6, 6.07) is 20.8. The summed E-state index contributed by atoms with van der Waals surface area (Å²) < 4.78 is 2.08. The van der Waals surface area contributed by atoms with E-state index in [4.69, 9.17) is 0 Å². The monoisotopic (exact) mass is 291 g/mol. The number of non-ortho nitro benzene ring substituents is 1. The summed E-state index contributed by atoms with van der Waals surface area (Å²) in [4.78, 5) is 10.5. The average Bonchev–Trinajstić information content (AvgIpc) is 2.56. The Hall–Kier alpha value is -3.01. The molecule has 4 heteroatoms. The second-order valence-electron chi connectivity index (χ2n) is 5.05. The molecular weight excluding hydrogens is 276 g/mol. The van der Waals surface area contributed by atoms with E-state index in [0.29, 0.717) is 0 Å². The van der Waals surface area contributed by atoms with Crippen molar-refractivity contribution in [3.05, 3.63) is 94.8 Å². The maximum atomic E-state index is 10.8. The Morgan fingerprint density at radius 2 is 1.59 bits per heavy atom. The van der Waals surface area contributed by atoms with Crippen molar-refractivity contribution in [1.29, 1.82) is 0 Å². The van der Waals surface area contributed by atoms with Gasteiger partial charge in [-0.1, -0.05) is 42.5 Å². The van der Waals surface area contributed by atoms with Crippen molar-refractivity contribution < 1.29 is 9.49 Å². The zero-order chi connectivity index (χ0) is 15.4. The Morgan fingerprint density at radius 1 is 0.864 bits per heavy atom. The fraction of sp³-hybridized carbons (Fsp3) is 0.0556. The summed E-state index contributed by atoms with van der Waals surface area (Å²) in [7, 11) is 0. The third-order valence-corrected chi connectivity index (χ3v) is 3.49. The first-order chi connectivity index (χ1) is 10.7. The van der Waals surface area contributed by atoms with Crippen LogP contribution >= 0.6 is 0 Å².